The third kappa shape index (κ3) is 5.22. The van der Waals surface area contributed by atoms with Crippen LogP contribution in [0.3, 0.4) is 0 Å². The molecule has 2 aliphatic rings. The number of nitrogens with zero attached hydrogens (tertiary/aromatic N) is 1. The molecule has 1 aliphatic carbocycles. The molecule has 1 aliphatic heterocycles. The van der Waals surface area contributed by atoms with E-state index in [1.807, 2.05) is 6.92 Å². The van der Waals surface area contributed by atoms with Crippen LogP contribution < -0.4 is 10.6 Å². The number of rotatable bonds is 7. The predicted molar refractivity (Wildman–Crippen MR) is 104 cm³/mol. The topological polar surface area (TPSA) is 78.5 Å². The predicted octanol–water partition coefficient (Wildman–Crippen LogP) is 2.28. The molecule has 0 spiro atoms. The molecule has 146 valence electrons. The lowest BCUT2D eigenvalue weighted by Gasteiger charge is -2.23. The van der Waals surface area contributed by atoms with Crippen molar-refractivity contribution in [3.8, 4) is 0 Å². The van der Waals surface area contributed by atoms with Crippen molar-refractivity contribution in [2.45, 2.75) is 51.1 Å². The Kier molecular flexibility index (Phi) is 6.05. The zero-order chi connectivity index (χ0) is 19.6. The lowest BCUT2D eigenvalue weighted by molar-refractivity contribution is -0.128. The standard InChI is InChI=1S/C20H26ClN3O3/c1-12-7-14(9-15(21)8-12)20(27)22-11-17(13-3-4-13)23-18(25)10-16-5-6-19(26)24(16)2/h7-9,13,16-17H,3-6,10-11H2,1-2H3,(H,22,27)(H,23,25). The SMILES string of the molecule is Cc1cc(Cl)cc(C(=O)NCC(NC(=O)CC2CCC(=O)N2C)C2CC2)c1. The Morgan fingerprint density at radius 3 is 2.59 bits per heavy atom. The van der Waals surface area contributed by atoms with E-state index >= 15 is 0 Å². The van der Waals surface area contributed by atoms with E-state index in [9.17, 15) is 14.4 Å². The fourth-order valence-corrected chi connectivity index (χ4v) is 3.88. The molecule has 1 saturated carbocycles. The van der Waals surface area contributed by atoms with E-state index in [0.29, 0.717) is 35.9 Å². The summed E-state index contributed by atoms with van der Waals surface area (Å²) in [7, 11) is 1.75. The molecule has 1 heterocycles. The van der Waals surface area contributed by atoms with Gasteiger partial charge in [-0.25, -0.2) is 0 Å². The number of amides is 3. The number of nitrogens with one attached hydrogen (secondary N) is 2. The molecule has 6 nitrogen and oxygen atoms in total. The monoisotopic (exact) mass is 391 g/mol. The molecule has 0 bridgehead atoms. The molecule has 1 saturated heterocycles. The van der Waals surface area contributed by atoms with Crippen molar-refractivity contribution in [2.75, 3.05) is 13.6 Å². The lowest BCUT2D eigenvalue weighted by atomic mass is 10.1. The summed E-state index contributed by atoms with van der Waals surface area (Å²) < 4.78 is 0. The molecule has 2 atom stereocenters. The second-order valence-electron chi connectivity index (χ2n) is 7.64. The number of halogens is 1. The maximum atomic E-state index is 12.4. The molecule has 7 heteroatoms. The second kappa shape index (κ2) is 8.30. The van der Waals surface area contributed by atoms with Crippen LogP contribution in [0.5, 0.6) is 0 Å². The highest BCUT2D eigenvalue weighted by Gasteiger charge is 2.34. The van der Waals surface area contributed by atoms with E-state index in [2.05, 4.69) is 10.6 Å². The second-order valence-corrected chi connectivity index (χ2v) is 8.08. The molecule has 1 aromatic carbocycles. The molecule has 2 fully saturated rings. The summed E-state index contributed by atoms with van der Waals surface area (Å²) in [6.45, 7) is 2.28. The van der Waals surface area contributed by atoms with E-state index in [1.54, 1.807) is 30.1 Å². The Morgan fingerprint density at radius 2 is 2.00 bits per heavy atom. The maximum Gasteiger partial charge on any atom is 0.251 e. The van der Waals surface area contributed by atoms with Crippen LogP contribution in [0.15, 0.2) is 18.2 Å². The van der Waals surface area contributed by atoms with Crippen LogP contribution >= 0.6 is 11.6 Å². The molecular formula is C20H26ClN3O3. The van der Waals surface area contributed by atoms with Crippen molar-refractivity contribution in [1.82, 2.24) is 15.5 Å². The molecule has 2 unspecified atom stereocenters. The van der Waals surface area contributed by atoms with Gasteiger partial charge in [-0.3, -0.25) is 14.4 Å². The third-order valence-corrected chi connectivity index (χ3v) is 5.60. The summed E-state index contributed by atoms with van der Waals surface area (Å²) in [6.07, 6.45) is 3.65. The molecule has 3 rings (SSSR count). The molecule has 0 aromatic heterocycles. The van der Waals surface area contributed by atoms with Crippen LogP contribution in [-0.2, 0) is 9.59 Å². The molecule has 3 amide bonds. The third-order valence-electron chi connectivity index (χ3n) is 5.38. The van der Waals surface area contributed by atoms with Crippen LogP contribution in [0.4, 0.5) is 0 Å². The van der Waals surface area contributed by atoms with Gasteiger partial charge in [0, 0.05) is 49.1 Å². The fourth-order valence-electron chi connectivity index (χ4n) is 3.59. The molecule has 0 radical (unpaired) electrons. The van der Waals surface area contributed by atoms with Gasteiger partial charge in [-0.05, 0) is 55.9 Å². The van der Waals surface area contributed by atoms with Crippen LogP contribution in [0.1, 0.15) is 48.0 Å². The van der Waals surface area contributed by atoms with Crippen molar-refractivity contribution < 1.29 is 14.4 Å². The quantitative estimate of drug-likeness (QED) is 0.748. The lowest BCUT2D eigenvalue weighted by Crippen LogP contribution is -2.46. The number of hydrogen-bond donors (Lipinski definition) is 2. The minimum atomic E-state index is -0.193. The number of likely N-dealkylation sites (tertiary alicyclic amines) is 1. The summed E-state index contributed by atoms with van der Waals surface area (Å²) in [5, 5.41) is 6.50. The highest BCUT2D eigenvalue weighted by Crippen LogP contribution is 2.32. The van der Waals surface area contributed by atoms with Crippen molar-refractivity contribution in [3.05, 3.63) is 34.3 Å². The first-order chi connectivity index (χ1) is 12.8. The average molecular weight is 392 g/mol. The van der Waals surface area contributed by atoms with Gasteiger partial charge in [0.15, 0.2) is 0 Å². The first-order valence-corrected chi connectivity index (χ1v) is 9.81. The Morgan fingerprint density at radius 1 is 1.26 bits per heavy atom. The molecular weight excluding hydrogens is 366 g/mol. The van der Waals surface area contributed by atoms with E-state index in [1.165, 1.54) is 0 Å². The van der Waals surface area contributed by atoms with E-state index in [0.717, 1.165) is 24.8 Å². The first kappa shape index (κ1) is 19.7. The van der Waals surface area contributed by atoms with Crippen molar-refractivity contribution in [2.24, 2.45) is 5.92 Å². The van der Waals surface area contributed by atoms with Gasteiger partial charge < -0.3 is 15.5 Å². The van der Waals surface area contributed by atoms with E-state index in [4.69, 9.17) is 11.6 Å². The largest absolute Gasteiger partial charge is 0.351 e. The van der Waals surface area contributed by atoms with E-state index in [-0.39, 0.29) is 29.8 Å². The Balaban J connectivity index is 1.52. The van der Waals surface area contributed by atoms with Gasteiger partial charge in [-0.2, -0.15) is 0 Å². The zero-order valence-corrected chi connectivity index (χ0v) is 16.5. The van der Waals surface area contributed by atoms with Gasteiger partial charge in [-0.15, -0.1) is 0 Å². The minimum absolute atomic E-state index is 0.0265. The highest BCUT2D eigenvalue weighted by molar-refractivity contribution is 6.31. The van der Waals surface area contributed by atoms with Gasteiger partial charge in [0.1, 0.15) is 0 Å². The van der Waals surface area contributed by atoms with Gasteiger partial charge in [-0.1, -0.05) is 11.6 Å². The minimum Gasteiger partial charge on any atom is -0.351 e. The summed E-state index contributed by atoms with van der Waals surface area (Å²) in [4.78, 5) is 38.1. The summed E-state index contributed by atoms with van der Waals surface area (Å²) in [5.41, 5.74) is 1.45. The van der Waals surface area contributed by atoms with Gasteiger partial charge in [0.05, 0.1) is 0 Å². The Hall–Kier alpha value is -2.08. The van der Waals surface area contributed by atoms with Crippen molar-refractivity contribution in [1.29, 1.82) is 0 Å². The average Bonchev–Trinajstić information content (AvgIpc) is 3.40. The summed E-state index contributed by atoms with van der Waals surface area (Å²) in [6, 6.07) is 5.13. The first-order valence-electron chi connectivity index (χ1n) is 9.44. The molecule has 2 N–H and O–H groups in total. The number of aryl methyl sites for hydroxylation is 1. The number of hydrogen-bond acceptors (Lipinski definition) is 3. The highest BCUT2D eigenvalue weighted by atomic mass is 35.5. The van der Waals surface area contributed by atoms with Crippen molar-refractivity contribution in [3.63, 3.8) is 0 Å². The van der Waals surface area contributed by atoms with Crippen molar-refractivity contribution >= 4 is 29.3 Å². The Labute approximate surface area is 164 Å². The van der Waals surface area contributed by atoms with Crippen LogP contribution in [0.25, 0.3) is 0 Å². The molecule has 27 heavy (non-hydrogen) atoms. The fraction of sp³-hybridized carbons (Fsp3) is 0.550. The normalized spacial score (nSPS) is 20.5. The smallest absolute Gasteiger partial charge is 0.251 e. The summed E-state index contributed by atoms with van der Waals surface area (Å²) >= 11 is 6.02. The number of benzene rings is 1. The van der Waals surface area contributed by atoms with Crippen LogP contribution in [0.2, 0.25) is 5.02 Å². The maximum absolute atomic E-state index is 12.4. The van der Waals surface area contributed by atoms with Crippen LogP contribution in [0, 0.1) is 12.8 Å². The zero-order valence-electron chi connectivity index (χ0n) is 15.8. The van der Waals surface area contributed by atoms with Gasteiger partial charge >= 0.3 is 0 Å². The molecule has 1 aromatic rings. The Bertz CT molecular complexity index is 728. The number of carbonyl (C=O) groups is 3. The van der Waals surface area contributed by atoms with E-state index < -0.39 is 0 Å². The van der Waals surface area contributed by atoms with Crippen LogP contribution in [-0.4, -0.2) is 48.3 Å². The van der Waals surface area contributed by atoms with Gasteiger partial charge in [0.25, 0.3) is 5.91 Å². The van der Waals surface area contributed by atoms with Gasteiger partial charge in [0.2, 0.25) is 11.8 Å². The number of carbonyl (C=O) groups excluding carboxylic acids is 3. The summed E-state index contributed by atoms with van der Waals surface area (Å²) in [5.74, 6) is 0.238.